The summed E-state index contributed by atoms with van der Waals surface area (Å²) in [5.41, 5.74) is 7.40. The molecule has 1 heterocycles. The summed E-state index contributed by atoms with van der Waals surface area (Å²) in [6.45, 7) is 0.156. The third-order valence-corrected chi connectivity index (χ3v) is 6.27. The van der Waals surface area contributed by atoms with Crippen molar-refractivity contribution in [2.75, 3.05) is 11.9 Å². The molecule has 0 fully saturated rings. The molecule has 0 radical (unpaired) electrons. The lowest BCUT2D eigenvalue weighted by Crippen LogP contribution is -2.23. The van der Waals surface area contributed by atoms with Gasteiger partial charge < -0.3 is 15.4 Å². The molecule has 3 N–H and O–H groups in total. The minimum atomic E-state index is -1.12. The van der Waals surface area contributed by atoms with Crippen molar-refractivity contribution in [3.63, 3.8) is 0 Å². The Morgan fingerprint density at radius 3 is 2.39 bits per heavy atom. The molecule has 0 aliphatic rings. The van der Waals surface area contributed by atoms with Crippen LogP contribution in [-0.2, 0) is 6.54 Å². The van der Waals surface area contributed by atoms with E-state index >= 15 is 0 Å². The Bertz CT molecular complexity index is 1370. The average Bonchev–Trinajstić information content (AvgIpc) is 3.09. The number of amides is 2. The molecule has 0 unspecified atom stereocenters. The Labute approximate surface area is 192 Å². The van der Waals surface area contributed by atoms with E-state index in [2.05, 4.69) is 0 Å². The number of primary amides is 1. The van der Waals surface area contributed by atoms with Crippen molar-refractivity contribution in [2.45, 2.75) is 16.3 Å². The highest BCUT2D eigenvalue weighted by Gasteiger charge is 2.17. The van der Waals surface area contributed by atoms with Crippen LogP contribution in [0.25, 0.3) is 10.9 Å². The predicted molar refractivity (Wildman–Crippen MR) is 123 cm³/mol. The first-order chi connectivity index (χ1) is 15.7. The molecule has 0 saturated carbocycles. The highest BCUT2D eigenvalue weighted by molar-refractivity contribution is 7.99. The summed E-state index contributed by atoms with van der Waals surface area (Å²) in [5.74, 6) is -1.92. The number of carbonyl (C=O) groups is 2. The summed E-state index contributed by atoms with van der Waals surface area (Å²) >= 11 is 1.33. The van der Waals surface area contributed by atoms with Gasteiger partial charge in [-0.15, -0.1) is 0 Å². The number of aromatic nitrogens is 1. The van der Waals surface area contributed by atoms with Crippen LogP contribution >= 0.6 is 11.8 Å². The van der Waals surface area contributed by atoms with E-state index < -0.39 is 23.6 Å². The van der Waals surface area contributed by atoms with Gasteiger partial charge in [-0.2, -0.15) is 0 Å². The number of fused-ring (bicyclic) bond motifs is 1. The van der Waals surface area contributed by atoms with Crippen LogP contribution in [0.5, 0.6) is 0 Å². The van der Waals surface area contributed by atoms with Crippen molar-refractivity contribution >= 4 is 40.4 Å². The first kappa shape index (κ1) is 22.3. The topological polar surface area (TPSA) is 88.6 Å². The smallest absolute Gasteiger partial charge is 0.411 e. The summed E-state index contributed by atoms with van der Waals surface area (Å²) in [5, 5.41) is 10.1. The number of hydrogen-bond acceptors (Lipinski definition) is 3. The zero-order valence-electron chi connectivity index (χ0n) is 17.5. The standard InChI is InChI=1S/C24H19F2N3O3S/c1-28(24(31)32)17-6-7-18-20(11-17)29(12-14-8-15(25)10-16(26)9-14)13-22(18)33-21-5-3-2-4-19(21)23(27)30/h2-11,13H,12H2,1H3,(H2,27,30)(H,31,32). The Morgan fingerprint density at radius 2 is 1.73 bits per heavy atom. The summed E-state index contributed by atoms with van der Waals surface area (Å²) in [7, 11) is 1.43. The van der Waals surface area contributed by atoms with Crippen LogP contribution in [0, 0.1) is 11.6 Å². The van der Waals surface area contributed by atoms with Crippen molar-refractivity contribution in [1.82, 2.24) is 4.57 Å². The molecule has 1 aromatic heterocycles. The van der Waals surface area contributed by atoms with Gasteiger partial charge in [-0.25, -0.2) is 13.6 Å². The van der Waals surface area contributed by atoms with Gasteiger partial charge in [-0.3, -0.25) is 9.69 Å². The predicted octanol–water partition coefficient (Wildman–Crippen LogP) is 5.33. The van der Waals surface area contributed by atoms with Crippen LogP contribution in [0.3, 0.4) is 0 Å². The minimum absolute atomic E-state index is 0.156. The molecule has 0 atom stereocenters. The van der Waals surface area contributed by atoms with Gasteiger partial charge in [0.1, 0.15) is 11.6 Å². The van der Waals surface area contributed by atoms with E-state index in [1.807, 2.05) is 0 Å². The molecule has 9 heteroatoms. The van der Waals surface area contributed by atoms with Gasteiger partial charge in [0, 0.05) is 46.7 Å². The number of anilines is 1. The number of carbonyl (C=O) groups excluding carboxylic acids is 1. The maximum Gasteiger partial charge on any atom is 0.411 e. The third-order valence-electron chi connectivity index (χ3n) is 5.15. The molecule has 168 valence electrons. The molecular formula is C24H19F2N3O3S. The van der Waals surface area contributed by atoms with E-state index in [4.69, 9.17) is 5.73 Å². The number of benzene rings is 3. The van der Waals surface area contributed by atoms with Gasteiger partial charge in [-0.1, -0.05) is 23.9 Å². The molecule has 0 aliphatic heterocycles. The van der Waals surface area contributed by atoms with Gasteiger partial charge in [0.05, 0.1) is 11.1 Å². The van der Waals surface area contributed by atoms with Gasteiger partial charge in [0.2, 0.25) is 5.91 Å². The summed E-state index contributed by atoms with van der Waals surface area (Å²) in [6, 6.07) is 15.4. The number of nitrogens with two attached hydrogens (primary N) is 1. The lowest BCUT2D eigenvalue weighted by Gasteiger charge is -2.14. The van der Waals surface area contributed by atoms with E-state index in [1.54, 1.807) is 53.2 Å². The zero-order chi connectivity index (χ0) is 23.7. The first-order valence-electron chi connectivity index (χ1n) is 9.84. The molecule has 0 bridgehead atoms. The van der Waals surface area contributed by atoms with Gasteiger partial charge in [-0.05, 0) is 48.0 Å². The van der Waals surface area contributed by atoms with E-state index in [9.17, 15) is 23.5 Å². The van der Waals surface area contributed by atoms with Crippen molar-refractivity contribution in [1.29, 1.82) is 0 Å². The molecule has 4 aromatic rings. The number of halogens is 2. The normalized spacial score (nSPS) is 11.0. The Balaban J connectivity index is 1.84. The Hall–Kier alpha value is -3.85. The first-order valence-corrected chi connectivity index (χ1v) is 10.7. The van der Waals surface area contributed by atoms with Crippen LogP contribution in [0.1, 0.15) is 15.9 Å². The maximum atomic E-state index is 13.7. The molecule has 0 saturated heterocycles. The van der Waals surface area contributed by atoms with Crippen molar-refractivity contribution in [3.8, 4) is 0 Å². The molecule has 4 rings (SSSR count). The number of rotatable bonds is 6. The number of carboxylic acid groups (broad SMARTS) is 1. The molecular weight excluding hydrogens is 448 g/mol. The fraction of sp³-hybridized carbons (Fsp3) is 0.0833. The fourth-order valence-electron chi connectivity index (χ4n) is 3.55. The van der Waals surface area contributed by atoms with Crippen molar-refractivity contribution in [3.05, 3.63) is 89.6 Å². The summed E-state index contributed by atoms with van der Waals surface area (Å²) in [6.07, 6.45) is 0.685. The van der Waals surface area contributed by atoms with Gasteiger partial charge in [0.25, 0.3) is 0 Å². The molecule has 6 nitrogen and oxygen atoms in total. The van der Waals surface area contributed by atoms with E-state index in [1.165, 1.54) is 30.9 Å². The molecule has 0 spiro atoms. The van der Waals surface area contributed by atoms with Crippen LogP contribution in [0.15, 0.2) is 76.7 Å². The second kappa shape index (κ2) is 8.95. The lowest BCUT2D eigenvalue weighted by molar-refractivity contribution is 0.0997. The monoisotopic (exact) mass is 467 g/mol. The quantitative estimate of drug-likeness (QED) is 0.401. The molecule has 2 amide bonds. The highest BCUT2D eigenvalue weighted by atomic mass is 32.2. The largest absolute Gasteiger partial charge is 0.465 e. The van der Waals surface area contributed by atoms with Gasteiger partial charge in [0.15, 0.2) is 0 Å². The Morgan fingerprint density at radius 1 is 1.03 bits per heavy atom. The van der Waals surface area contributed by atoms with E-state index in [-0.39, 0.29) is 6.54 Å². The van der Waals surface area contributed by atoms with Crippen molar-refractivity contribution < 1.29 is 23.5 Å². The van der Waals surface area contributed by atoms with Crippen LogP contribution in [-0.4, -0.2) is 28.7 Å². The van der Waals surface area contributed by atoms with Crippen LogP contribution in [0.2, 0.25) is 0 Å². The summed E-state index contributed by atoms with van der Waals surface area (Å²) in [4.78, 5) is 25.8. The van der Waals surface area contributed by atoms with Crippen LogP contribution < -0.4 is 10.6 Å². The number of hydrogen-bond donors (Lipinski definition) is 2. The highest BCUT2D eigenvalue weighted by Crippen LogP contribution is 2.38. The second-order valence-corrected chi connectivity index (χ2v) is 8.49. The van der Waals surface area contributed by atoms with E-state index in [0.717, 1.165) is 21.2 Å². The van der Waals surface area contributed by atoms with Crippen molar-refractivity contribution in [2.24, 2.45) is 5.73 Å². The fourth-order valence-corrected chi connectivity index (χ4v) is 4.68. The molecule has 3 aromatic carbocycles. The number of nitrogens with zero attached hydrogens (tertiary/aromatic N) is 2. The third kappa shape index (κ3) is 4.68. The van der Waals surface area contributed by atoms with Gasteiger partial charge >= 0.3 is 6.09 Å². The Kier molecular flexibility index (Phi) is 6.06. The minimum Gasteiger partial charge on any atom is -0.465 e. The lowest BCUT2D eigenvalue weighted by atomic mass is 10.2. The molecule has 0 aliphatic carbocycles. The van der Waals surface area contributed by atoms with E-state index in [0.29, 0.717) is 27.2 Å². The summed E-state index contributed by atoms with van der Waals surface area (Å²) < 4.78 is 29.3. The SMILES string of the molecule is CN(C(=O)O)c1ccc2c(Sc3ccccc3C(N)=O)cn(Cc3cc(F)cc(F)c3)c2c1. The molecule has 33 heavy (non-hydrogen) atoms. The zero-order valence-corrected chi connectivity index (χ0v) is 18.3. The van der Waals surface area contributed by atoms with Crippen LogP contribution in [0.4, 0.5) is 19.3 Å². The maximum absolute atomic E-state index is 13.7. The second-order valence-electron chi connectivity index (χ2n) is 7.40. The average molecular weight is 467 g/mol.